The Bertz CT molecular complexity index is 1260. The van der Waals surface area contributed by atoms with Gasteiger partial charge in [-0.3, -0.25) is 4.79 Å². The first-order chi connectivity index (χ1) is 16.1. The van der Waals surface area contributed by atoms with Crippen molar-refractivity contribution in [3.05, 3.63) is 60.2 Å². The Labute approximate surface area is 190 Å². The van der Waals surface area contributed by atoms with Crippen molar-refractivity contribution < 1.29 is 23.7 Å². The molecule has 4 rings (SSSR count). The van der Waals surface area contributed by atoms with E-state index in [1.165, 1.54) is 7.11 Å². The van der Waals surface area contributed by atoms with E-state index < -0.39 is 0 Å². The van der Waals surface area contributed by atoms with Crippen molar-refractivity contribution in [3.8, 4) is 34.5 Å². The maximum Gasteiger partial charge on any atom is 0.255 e. The molecule has 0 atom stereocenters. The van der Waals surface area contributed by atoms with E-state index >= 15 is 0 Å². The van der Waals surface area contributed by atoms with Crippen LogP contribution in [0.15, 0.2) is 54.6 Å². The summed E-state index contributed by atoms with van der Waals surface area (Å²) in [6.07, 6.45) is 0. The molecule has 0 saturated carbocycles. The molecule has 2 aromatic heterocycles. The van der Waals surface area contributed by atoms with Crippen molar-refractivity contribution in [2.45, 2.75) is 0 Å². The third kappa shape index (κ3) is 4.79. The highest BCUT2D eigenvalue weighted by Gasteiger charge is 2.14. The number of nitrogens with zero attached hydrogens (tertiary/aromatic N) is 4. The van der Waals surface area contributed by atoms with Crippen molar-refractivity contribution in [1.29, 1.82) is 0 Å². The van der Waals surface area contributed by atoms with Gasteiger partial charge >= 0.3 is 0 Å². The lowest BCUT2D eigenvalue weighted by Crippen LogP contribution is -2.28. The Hall–Kier alpha value is -4.34. The number of rotatable bonds is 9. The Balaban J connectivity index is 1.39. The predicted octanol–water partition coefficient (Wildman–Crippen LogP) is 2.63. The number of hydrogen-bond acceptors (Lipinski definition) is 8. The van der Waals surface area contributed by atoms with Crippen LogP contribution < -0.4 is 24.3 Å². The minimum absolute atomic E-state index is 0.225. The Morgan fingerprint density at radius 1 is 0.909 bits per heavy atom. The standard InChI is InChI=1S/C23H23N5O5/c1-30-16-6-4-15(5-7-16)22-26-25-20-10-11-21(27-28(20)22)33-13-12-24-23(29)18-9-8-17(31-2)14-19(18)32-3/h4-11,14H,12-13H2,1-3H3,(H,24,29). The molecule has 0 spiro atoms. The molecule has 1 amide bonds. The van der Waals surface area contributed by atoms with Gasteiger partial charge in [-0.05, 0) is 42.5 Å². The van der Waals surface area contributed by atoms with Gasteiger partial charge in [-0.2, -0.15) is 4.52 Å². The molecule has 0 unspecified atom stereocenters. The van der Waals surface area contributed by atoms with Gasteiger partial charge in [0.15, 0.2) is 11.5 Å². The number of carbonyl (C=O) groups excluding carboxylic acids is 1. The lowest BCUT2D eigenvalue weighted by molar-refractivity contribution is 0.0943. The molecule has 170 valence electrons. The monoisotopic (exact) mass is 449 g/mol. The van der Waals surface area contributed by atoms with Crippen molar-refractivity contribution >= 4 is 11.6 Å². The van der Waals surface area contributed by atoms with E-state index in [2.05, 4.69) is 20.6 Å². The minimum Gasteiger partial charge on any atom is -0.497 e. The van der Waals surface area contributed by atoms with E-state index in [0.29, 0.717) is 34.4 Å². The fraction of sp³-hybridized carbons (Fsp3) is 0.217. The van der Waals surface area contributed by atoms with Crippen LogP contribution >= 0.6 is 0 Å². The number of carbonyl (C=O) groups is 1. The molecule has 0 fully saturated rings. The zero-order valence-corrected chi connectivity index (χ0v) is 18.4. The highest BCUT2D eigenvalue weighted by molar-refractivity contribution is 5.97. The molecule has 1 N–H and O–H groups in total. The molecular formula is C23H23N5O5. The third-order valence-electron chi connectivity index (χ3n) is 4.88. The molecule has 33 heavy (non-hydrogen) atoms. The SMILES string of the molecule is COc1ccc(-c2nnc3ccc(OCCNC(=O)c4ccc(OC)cc4OC)nn23)cc1. The molecule has 0 aliphatic carbocycles. The highest BCUT2D eigenvalue weighted by atomic mass is 16.5. The van der Waals surface area contributed by atoms with Gasteiger partial charge in [0.05, 0.1) is 33.4 Å². The molecule has 10 heteroatoms. The number of hydrogen-bond donors (Lipinski definition) is 1. The van der Waals surface area contributed by atoms with E-state index in [1.54, 1.807) is 49.1 Å². The Morgan fingerprint density at radius 2 is 1.67 bits per heavy atom. The lowest BCUT2D eigenvalue weighted by atomic mass is 10.1. The number of methoxy groups -OCH3 is 3. The summed E-state index contributed by atoms with van der Waals surface area (Å²) in [6, 6.07) is 15.9. The van der Waals surface area contributed by atoms with Gasteiger partial charge in [0.25, 0.3) is 5.91 Å². The van der Waals surface area contributed by atoms with Gasteiger partial charge in [-0.25, -0.2) is 0 Å². The topological polar surface area (TPSA) is 109 Å². The van der Waals surface area contributed by atoms with Crippen LogP contribution in [0.2, 0.25) is 0 Å². The van der Waals surface area contributed by atoms with E-state index in [-0.39, 0.29) is 19.1 Å². The Kier molecular flexibility index (Phi) is 6.53. The minimum atomic E-state index is -0.276. The summed E-state index contributed by atoms with van der Waals surface area (Å²) in [5, 5.41) is 15.6. The number of ether oxygens (including phenoxy) is 4. The molecule has 0 radical (unpaired) electrons. The fourth-order valence-corrected chi connectivity index (χ4v) is 3.17. The average Bonchev–Trinajstić information content (AvgIpc) is 3.29. The van der Waals surface area contributed by atoms with E-state index in [1.807, 2.05) is 24.3 Å². The van der Waals surface area contributed by atoms with Crippen molar-refractivity contribution in [2.75, 3.05) is 34.5 Å². The van der Waals surface area contributed by atoms with Crippen molar-refractivity contribution in [3.63, 3.8) is 0 Å². The van der Waals surface area contributed by atoms with Crippen molar-refractivity contribution in [2.24, 2.45) is 0 Å². The molecule has 0 aliphatic rings. The van der Waals surface area contributed by atoms with Crippen LogP contribution in [-0.2, 0) is 0 Å². The van der Waals surface area contributed by atoms with Gasteiger partial charge in [-0.1, -0.05) is 0 Å². The van der Waals surface area contributed by atoms with Crippen LogP contribution in [-0.4, -0.2) is 60.2 Å². The molecule has 2 heterocycles. The second-order valence-corrected chi connectivity index (χ2v) is 6.86. The summed E-state index contributed by atoms with van der Waals surface area (Å²) < 4.78 is 23.0. The number of amides is 1. The molecule has 0 aliphatic heterocycles. The lowest BCUT2D eigenvalue weighted by Gasteiger charge is -2.11. The van der Waals surface area contributed by atoms with Crippen LogP contribution in [0.3, 0.4) is 0 Å². The molecule has 2 aromatic carbocycles. The normalized spacial score (nSPS) is 10.6. The van der Waals surface area contributed by atoms with Crippen LogP contribution in [0.1, 0.15) is 10.4 Å². The predicted molar refractivity (Wildman–Crippen MR) is 120 cm³/mol. The quantitative estimate of drug-likeness (QED) is 0.389. The van der Waals surface area contributed by atoms with Gasteiger partial charge < -0.3 is 24.3 Å². The van der Waals surface area contributed by atoms with Crippen LogP contribution in [0.5, 0.6) is 23.1 Å². The first kappa shape index (κ1) is 21.9. The molecule has 0 bridgehead atoms. The number of benzene rings is 2. The second-order valence-electron chi connectivity index (χ2n) is 6.86. The van der Waals surface area contributed by atoms with E-state index in [4.69, 9.17) is 18.9 Å². The highest BCUT2D eigenvalue weighted by Crippen LogP contribution is 2.24. The molecule has 0 saturated heterocycles. The van der Waals surface area contributed by atoms with Gasteiger partial charge in [0.2, 0.25) is 5.88 Å². The summed E-state index contributed by atoms with van der Waals surface area (Å²) in [5.74, 6) is 2.47. The second kappa shape index (κ2) is 9.86. The van der Waals surface area contributed by atoms with Crippen molar-refractivity contribution in [1.82, 2.24) is 25.1 Å². The average molecular weight is 449 g/mol. The summed E-state index contributed by atoms with van der Waals surface area (Å²) in [6.45, 7) is 0.504. The summed E-state index contributed by atoms with van der Waals surface area (Å²) in [5.41, 5.74) is 1.84. The summed E-state index contributed by atoms with van der Waals surface area (Å²) in [4.78, 5) is 12.5. The fourth-order valence-electron chi connectivity index (χ4n) is 3.17. The third-order valence-corrected chi connectivity index (χ3v) is 4.88. The Morgan fingerprint density at radius 3 is 2.39 bits per heavy atom. The molecular weight excluding hydrogens is 426 g/mol. The van der Waals surface area contributed by atoms with Crippen LogP contribution in [0.4, 0.5) is 0 Å². The van der Waals surface area contributed by atoms with Gasteiger partial charge in [-0.15, -0.1) is 15.3 Å². The van der Waals surface area contributed by atoms with Crippen LogP contribution in [0, 0.1) is 0 Å². The largest absolute Gasteiger partial charge is 0.497 e. The van der Waals surface area contributed by atoms with Gasteiger partial charge in [0, 0.05) is 17.7 Å². The first-order valence-electron chi connectivity index (χ1n) is 10.1. The molecule has 4 aromatic rings. The zero-order chi connectivity index (χ0) is 23.2. The van der Waals surface area contributed by atoms with Crippen LogP contribution in [0.25, 0.3) is 17.0 Å². The number of nitrogens with one attached hydrogen (secondary N) is 1. The van der Waals surface area contributed by atoms with E-state index in [9.17, 15) is 4.79 Å². The maximum atomic E-state index is 12.5. The van der Waals surface area contributed by atoms with Gasteiger partial charge in [0.1, 0.15) is 23.9 Å². The number of aromatic nitrogens is 4. The zero-order valence-electron chi connectivity index (χ0n) is 18.4. The summed E-state index contributed by atoms with van der Waals surface area (Å²) in [7, 11) is 4.67. The maximum absolute atomic E-state index is 12.5. The van der Waals surface area contributed by atoms with E-state index in [0.717, 1.165) is 11.3 Å². The molecule has 10 nitrogen and oxygen atoms in total. The number of fused-ring (bicyclic) bond motifs is 1. The smallest absolute Gasteiger partial charge is 0.255 e. The summed E-state index contributed by atoms with van der Waals surface area (Å²) >= 11 is 0. The first-order valence-corrected chi connectivity index (χ1v) is 10.1.